The highest BCUT2D eigenvalue weighted by molar-refractivity contribution is 5.78. The summed E-state index contributed by atoms with van der Waals surface area (Å²) in [6, 6.07) is 15.7. The zero-order chi connectivity index (χ0) is 18.9. The lowest BCUT2D eigenvalue weighted by Gasteiger charge is -2.22. The summed E-state index contributed by atoms with van der Waals surface area (Å²) in [5, 5.41) is 0. The largest absolute Gasteiger partial charge is 0.493 e. The van der Waals surface area contributed by atoms with Crippen LogP contribution in [0.5, 0.6) is 5.75 Å². The van der Waals surface area contributed by atoms with Crippen LogP contribution in [0.4, 0.5) is 0 Å². The van der Waals surface area contributed by atoms with E-state index >= 15 is 0 Å². The Morgan fingerprint density at radius 1 is 1.00 bits per heavy atom. The van der Waals surface area contributed by atoms with Crippen LogP contribution < -0.4 is 10.5 Å². The molecule has 0 aromatic heterocycles. The molecule has 0 unspecified atom stereocenters. The number of amides is 2. The maximum atomic E-state index is 12.6. The van der Waals surface area contributed by atoms with Gasteiger partial charge < -0.3 is 15.4 Å². The average Bonchev–Trinajstić information content (AvgIpc) is 2.58. The van der Waals surface area contributed by atoms with E-state index in [9.17, 15) is 9.59 Å². The standard InChI is InChI=1S/C21H26N2O3/c1-16-12-17(2)14-19(13-16)26-11-9-21(25)23(10-8-20(22)24)15-18-6-4-3-5-7-18/h3-7,12-14H,8-11,15H2,1-2H3,(H2,22,24). The Morgan fingerprint density at radius 3 is 2.27 bits per heavy atom. The quantitative estimate of drug-likeness (QED) is 0.752. The van der Waals surface area contributed by atoms with Gasteiger partial charge in [-0.05, 0) is 42.7 Å². The van der Waals surface area contributed by atoms with Gasteiger partial charge in [0.1, 0.15) is 5.75 Å². The Labute approximate surface area is 154 Å². The van der Waals surface area contributed by atoms with Gasteiger partial charge in [0.15, 0.2) is 0 Å². The van der Waals surface area contributed by atoms with Crippen molar-refractivity contribution in [2.45, 2.75) is 33.2 Å². The summed E-state index contributed by atoms with van der Waals surface area (Å²) >= 11 is 0. The second kappa shape index (κ2) is 9.61. The topological polar surface area (TPSA) is 72.6 Å². The van der Waals surface area contributed by atoms with Crippen LogP contribution in [-0.2, 0) is 16.1 Å². The first-order valence-electron chi connectivity index (χ1n) is 8.75. The molecule has 0 saturated carbocycles. The molecule has 2 aromatic carbocycles. The Bertz CT molecular complexity index is 724. The van der Waals surface area contributed by atoms with E-state index in [2.05, 4.69) is 6.07 Å². The average molecular weight is 354 g/mol. The summed E-state index contributed by atoms with van der Waals surface area (Å²) in [7, 11) is 0. The third kappa shape index (κ3) is 6.59. The van der Waals surface area contributed by atoms with Gasteiger partial charge >= 0.3 is 0 Å². The monoisotopic (exact) mass is 354 g/mol. The van der Waals surface area contributed by atoms with Crippen molar-refractivity contribution < 1.29 is 14.3 Å². The molecule has 0 aliphatic rings. The SMILES string of the molecule is Cc1cc(C)cc(OCCC(=O)N(CCC(N)=O)Cc2ccccc2)c1. The van der Waals surface area contributed by atoms with Gasteiger partial charge in [-0.3, -0.25) is 9.59 Å². The molecule has 0 saturated heterocycles. The van der Waals surface area contributed by atoms with Crippen LogP contribution in [0, 0.1) is 13.8 Å². The molecule has 0 bridgehead atoms. The summed E-state index contributed by atoms with van der Waals surface area (Å²) in [4.78, 5) is 25.3. The summed E-state index contributed by atoms with van der Waals surface area (Å²) in [5.74, 6) is 0.295. The fourth-order valence-electron chi connectivity index (χ4n) is 2.77. The Balaban J connectivity index is 1.93. The number of hydrogen-bond donors (Lipinski definition) is 1. The van der Waals surface area contributed by atoms with Gasteiger partial charge in [0, 0.05) is 19.5 Å². The second-order valence-corrected chi connectivity index (χ2v) is 6.44. The smallest absolute Gasteiger partial charge is 0.226 e. The zero-order valence-corrected chi connectivity index (χ0v) is 15.4. The number of nitrogens with zero attached hydrogens (tertiary/aromatic N) is 1. The van der Waals surface area contributed by atoms with Gasteiger partial charge in [-0.15, -0.1) is 0 Å². The molecule has 0 spiro atoms. The van der Waals surface area contributed by atoms with Gasteiger partial charge in [-0.1, -0.05) is 36.4 Å². The highest BCUT2D eigenvalue weighted by atomic mass is 16.5. The third-order valence-electron chi connectivity index (χ3n) is 3.98. The van der Waals surface area contributed by atoms with Crippen molar-refractivity contribution in [1.82, 2.24) is 4.90 Å². The molecule has 0 aliphatic carbocycles. The number of rotatable bonds is 9. The highest BCUT2D eigenvalue weighted by Gasteiger charge is 2.15. The van der Waals surface area contributed by atoms with E-state index in [1.54, 1.807) is 4.90 Å². The second-order valence-electron chi connectivity index (χ2n) is 6.44. The van der Waals surface area contributed by atoms with E-state index in [0.29, 0.717) is 19.7 Å². The number of carbonyl (C=O) groups is 2. The summed E-state index contributed by atoms with van der Waals surface area (Å²) in [5.41, 5.74) is 8.50. The first kappa shape index (κ1) is 19.5. The van der Waals surface area contributed by atoms with Crippen LogP contribution in [0.1, 0.15) is 29.5 Å². The number of hydrogen-bond acceptors (Lipinski definition) is 3. The molecule has 2 amide bonds. The first-order valence-corrected chi connectivity index (χ1v) is 8.75. The van der Waals surface area contributed by atoms with Crippen molar-refractivity contribution in [1.29, 1.82) is 0 Å². The minimum atomic E-state index is -0.414. The molecular weight excluding hydrogens is 328 g/mol. The molecule has 5 nitrogen and oxygen atoms in total. The molecule has 5 heteroatoms. The molecule has 2 aromatic rings. The fraction of sp³-hybridized carbons (Fsp3) is 0.333. The number of aryl methyl sites for hydroxylation is 2. The first-order chi connectivity index (χ1) is 12.4. The van der Waals surface area contributed by atoms with Gasteiger partial charge in [-0.2, -0.15) is 0 Å². The van der Waals surface area contributed by atoms with E-state index in [0.717, 1.165) is 22.4 Å². The zero-order valence-electron chi connectivity index (χ0n) is 15.4. The maximum absolute atomic E-state index is 12.6. The van der Waals surface area contributed by atoms with Crippen molar-refractivity contribution >= 4 is 11.8 Å². The van der Waals surface area contributed by atoms with Crippen LogP contribution in [0.15, 0.2) is 48.5 Å². The Morgan fingerprint density at radius 2 is 1.65 bits per heavy atom. The van der Waals surface area contributed by atoms with Crippen molar-refractivity contribution in [2.24, 2.45) is 5.73 Å². The van der Waals surface area contributed by atoms with Gasteiger partial charge in [0.2, 0.25) is 11.8 Å². The van der Waals surface area contributed by atoms with Gasteiger partial charge in [-0.25, -0.2) is 0 Å². The van der Waals surface area contributed by atoms with Crippen LogP contribution >= 0.6 is 0 Å². The van der Waals surface area contributed by atoms with Crippen LogP contribution in [0.25, 0.3) is 0 Å². The van der Waals surface area contributed by atoms with Crippen LogP contribution in [0.2, 0.25) is 0 Å². The molecule has 0 radical (unpaired) electrons. The molecule has 0 aliphatic heterocycles. The molecule has 2 rings (SSSR count). The van der Waals surface area contributed by atoms with Crippen LogP contribution in [0.3, 0.4) is 0 Å². The maximum Gasteiger partial charge on any atom is 0.226 e. The van der Waals surface area contributed by atoms with Crippen molar-refractivity contribution in [3.05, 3.63) is 65.2 Å². The fourth-order valence-corrected chi connectivity index (χ4v) is 2.77. The number of primary amides is 1. The van der Waals surface area contributed by atoms with Crippen molar-refractivity contribution in [3.8, 4) is 5.75 Å². The molecule has 0 atom stereocenters. The normalized spacial score (nSPS) is 10.4. The van der Waals surface area contributed by atoms with E-state index < -0.39 is 5.91 Å². The molecular formula is C21H26N2O3. The lowest BCUT2D eigenvalue weighted by atomic mass is 10.1. The van der Waals surface area contributed by atoms with Crippen LogP contribution in [-0.4, -0.2) is 29.9 Å². The Kier molecular flexibility index (Phi) is 7.21. The van der Waals surface area contributed by atoms with Gasteiger partial charge in [0.05, 0.1) is 13.0 Å². The summed E-state index contributed by atoms with van der Waals surface area (Å²) < 4.78 is 5.73. The minimum Gasteiger partial charge on any atom is -0.493 e. The number of nitrogens with two attached hydrogens (primary N) is 1. The molecule has 0 fully saturated rings. The predicted octanol–water partition coefficient (Wildman–Crippen LogP) is 2.98. The number of benzene rings is 2. The van der Waals surface area contributed by atoms with E-state index in [1.165, 1.54) is 0 Å². The highest BCUT2D eigenvalue weighted by Crippen LogP contribution is 2.16. The molecule has 2 N–H and O–H groups in total. The molecule has 26 heavy (non-hydrogen) atoms. The number of ether oxygens (including phenoxy) is 1. The van der Waals surface area contributed by atoms with E-state index in [4.69, 9.17) is 10.5 Å². The summed E-state index contributed by atoms with van der Waals surface area (Å²) in [6.07, 6.45) is 0.398. The Hall–Kier alpha value is -2.82. The van der Waals surface area contributed by atoms with Gasteiger partial charge in [0.25, 0.3) is 0 Å². The molecule has 138 valence electrons. The molecule has 0 heterocycles. The van der Waals surface area contributed by atoms with E-state index in [-0.39, 0.29) is 18.7 Å². The lowest BCUT2D eigenvalue weighted by Crippen LogP contribution is -2.34. The predicted molar refractivity (Wildman–Crippen MR) is 102 cm³/mol. The van der Waals surface area contributed by atoms with Crippen molar-refractivity contribution in [2.75, 3.05) is 13.2 Å². The third-order valence-corrected chi connectivity index (χ3v) is 3.98. The number of carbonyl (C=O) groups excluding carboxylic acids is 2. The van der Waals surface area contributed by atoms with E-state index in [1.807, 2.05) is 56.3 Å². The summed E-state index contributed by atoms with van der Waals surface area (Å²) in [6.45, 7) is 5.08. The minimum absolute atomic E-state index is 0.0560. The van der Waals surface area contributed by atoms with Crippen molar-refractivity contribution in [3.63, 3.8) is 0 Å². The lowest BCUT2D eigenvalue weighted by molar-refractivity contribution is -0.132.